The third-order valence-electron chi connectivity index (χ3n) is 3.36. The van der Waals surface area contributed by atoms with Gasteiger partial charge in [-0.2, -0.15) is 13.2 Å². The van der Waals surface area contributed by atoms with Crippen LogP contribution < -0.4 is 15.8 Å². The third-order valence-corrected chi connectivity index (χ3v) is 3.36. The molecule has 2 atom stereocenters. The Kier molecular flexibility index (Phi) is 5.17. The lowest BCUT2D eigenvalue weighted by atomic mass is 10.2. The Morgan fingerprint density at radius 1 is 1.42 bits per heavy atom. The molecule has 1 fully saturated rings. The minimum absolute atomic E-state index is 0.0392. The van der Waals surface area contributed by atoms with E-state index < -0.39 is 36.9 Å². The van der Waals surface area contributed by atoms with E-state index in [0.717, 1.165) is 4.90 Å². The standard InChI is InChI=1S/C14H16F3N3O4/c15-14(16,17)7-24-10-3-1-2-8(4-10)19-13(23)20-6-9(21)5-11(20)12(18)22/h1-4,9,11,21H,5-7H2,(H2,18,22)(H,19,23)/t9-,11-/m0/s1. The molecule has 4 N–H and O–H groups in total. The molecule has 3 amide bonds. The predicted octanol–water partition coefficient (Wildman–Crippen LogP) is 1.08. The minimum Gasteiger partial charge on any atom is -0.484 e. The van der Waals surface area contributed by atoms with Gasteiger partial charge in [0.1, 0.15) is 11.8 Å². The summed E-state index contributed by atoms with van der Waals surface area (Å²) < 4.78 is 41.0. The molecule has 1 aliphatic heterocycles. The lowest BCUT2D eigenvalue weighted by molar-refractivity contribution is -0.153. The number of carbonyl (C=O) groups excluding carboxylic acids is 2. The van der Waals surface area contributed by atoms with Gasteiger partial charge < -0.3 is 25.8 Å². The number of likely N-dealkylation sites (tertiary alicyclic amines) is 1. The SMILES string of the molecule is NC(=O)[C@@H]1C[C@H](O)CN1C(=O)Nc1cccc(OCC(F)(F)F)c1. The molecule has 1 aromatic carbocycles. The molecule has 0 radical (unpaired) electrons. The van der Waals surface area contributed by atoms with E-state index >= 15 is 0 Å². The van der Waals surface area contributed by atoms with E-state index in [1.807, 2.05) is 0 Å². The van der Waals surface area contributed by atoms with Gasteiger partial charge in [0, 0.05) is 24.7 Å². The number of anilines is 1. The van der Waals surface area contributed by atoms with Gasteiger partial charge in [0.15, 0.2) is 6.61 Å². The van der Waals surface area contributed by atoms with E-state index in [1.54, 1.807) is 0 Å². The Bertz CT molecular complexity index is 624. The normalized spacial score (nSPS) is 20.8. The maximum Gasteiger partial charge on any atom is 0.422 e. The number of β-amino-alcohol motifs (C(OH)–C–C–N with tert-alkyl or cyclic N) is 1. The number of alkyl halides is 3. The molecular weight excluding hydrogens is 331 g/mol. The zero-order valence-corrected chi connectivity index (χ0v) is 12.4. The number of nitrogens with two attached hydrogens (primary N) is 1. The number of hydrogen-bond acceptors (Lipinski definition) is 4. The second-order valence-electron chi connectivity index (χ2n) is 5.32. The number of aliphatic hydroxyl groups excluding tert-OH is 1. The molecule has 0 spiro atoms. The van der Waals surface area contributed by atoms with Crippen molar-refractivity contribution in [3.05, 3.63) is 24.3 Å². The van der Waals surface area contributed by atoms with Gasteiger partial charge in [-0.05, 0) is 12.1 Å². The highest BCUT2D eigenvalue weighted by atomic mass is 19.4. The first-order chi connectivity index (χ1) is 11.2. The topological polar surface area (TPSA) is 105 Å². The largest absolute Gasteiger partial charge is 0.484 e. The van der Waals surface area contributed by atoms with Crippen LogP contribution in [0.3, 0.4) is 0 Å². The summed E-state index contributed by atoms with van der Waals surface area (Å²) in [5, 5.41) is 12.0. The molecule has 0 saturated carbocycles. The first-order valence-electron chi connectivity index (χ1n) is 7.00. The van der Waals surface area contributed by atoms with Crippen molar-refractivity contribution in [2.24, 2.45) is 5.73 Å². The van der Waals surface area contributed by atoms with E-state index in [-0.39, 0.29) is 24.4 Å². The van der Waals surface area contributed by atoms with Gasteiger partial charge in [-0.1, -0.05) is 6.07 Å². The van der Waals surface area contributed by atoms with Crippen molar-refractivity contribution in [3.63, 3.8) is 0 Å². The van der Waals surface area contributed by atoms with Crippen molar-refractivity contribution >= 4 is 17.6 Å². The lowest BCUT2D eigenvalue weighted by Gasteiger charge is -2.22. The molecule has 1 aliphatic rings. The van der Waals surface area contributed by atoms with Crippen molar-refractivity contribution in [1.82, 2.24) is 4.90 Å². The number of ether oxygens (including phenoxy) is 1. The number of rotatable bonds is 4. The summed E-state index contributed by atoms with van der Waals surface area (Å²) in [6, 6.07) is 3.76. The van der Waals surface area contributed by atoms with Crippen LogP contribution in [0.2, 0.25) is 0 Å². The fraction of sp³-hybridized carbons (Fsp3) is 0.429. The molecule has 1 saturated heterocycles. The highest BCUT2D eigenvalue weighted by Gasteiger charge is 2.37. The Balaban J connectivity index is 2.02. The summed E-state index contributed by atoms with van der Waals surface area (Å²) in [6.45, 7) is -1.52. The molecule has 2 rings (SSSR count). The number of primary amides is 1. The fourth-order valence-electron chi connectivity index (χ4n) is 2.33. The maximum atomic E-state index is 12.2. The van der Waals surface area contributed by atoms with Crippen LogP contribution >= 0.6 is 0 Å². The quantitative estimate of drug-likeness (QED) is 0.758. The number of nitrogens with one attached hydrogen (secondary N) is 1. The number of benzene rings is 1. The van der Waals surface area contributed by atoms with Crippen LogP contribution in [0.5, 0.6) is 5.75 Å². The van der Waals surface area contributed by atoms with E-state index in [0.29, 0.717) is 0 Å². The van der Waals surface area contributed by atoms with Crippen LogP contribution in [-0.2, 0) is 4.79 Å². The maximum absolute atomic E-state index is 12.2. The smallest absolute Gasteiger partial charge is 0.422 e. The summed E-state index contributed by atoms with van der Waals surface area (Å²) in [7, 11) is 0. The highest BCUT2D eigenvalue weighted by molar-refractivity contribution is 5.94. The van der Waals surface area contributed by atoms with Crippen LogP contribution in [-0.4, -0.2) is 53.4 Å². The average Bonchev–Trinajstić information content (AvgIpc) is 2.87. The number of urea groups is 1. The van der Waals surface area contributed by atoms with Gasteiger partial charge in [0.05, 0.1) is 6.10 Å². The number of aliphatic hydroxyl groups is 1. The van der Waals surface area contributed by atoms with Gasteiger partial charge in [0.25, 0.3) is 0 Å². The van der Waals surface area contributed by atoms with Crippen LogP contribution in [0.4, 0.5) is 23.7 Å². The van der Waals surface area contributed by atoms with Crippen molar-refractivity contribution in [2.45, 2.75) is 24.7 Å². The molecule has 0 aliphatic carbocycles. The Hall–Kier alpha value is -2.49. The fourth-order valence-corrected chi connectivity index (χ4v) is 2.33. The molecule has 24 heavy (non-hydrogen) atoms. The van der Waals surface area contributed by atoms with Gasteiger partial charge in [-0.15, -0.1) is 0 Å². The van der Waals surface area contributed by atoms with Gasteiger partial charge >= 0.3 is 12.2 Å². The van der Waals surface area contributed by atoms with Crippen molar-refractivity contribution in [2.75, 3.05) is 18.5 Å². The summed E-state index contributed by atoms with van der Waals surface area (Å²) in [5.41, 5.74) is 5.37. The number of nitrogens with zero attached hydrogens (tertiary/aromatic N) is 1. The van der Waals surface area contributed by atoms with Crippen molar-refractivity contribution in [1.29, 1.82) is 0 Å². The number of amides is 3. The van der Waals surface area contributed by atoms with E-state index in [9.17, 15) is 27.9 Å². The van der Waals surface area contributed by atoms with Crippen LogP contribution in [0, 0.1) is 0 Å². The first-order valence-corrected chi connectivity index (χ1v) is 7.00. The van der Waals surface area contributed by atoms with E-state index in [1.165, 1.54) is 24.3 Å². The second-order valence-corrected chi connectivity index (χ2v) is 5.32. The van der Waals surface area contributed by atoms with Crippen molar-refractivity contribution in [3.8, 4) is 5.75 Å². The second kappa shape index (κ2) is 6.95. The number of hydrogen-bond donors (Lipinski definition) is 3. The molecule has 10 heteroatoms. The monoisotopic (exact) mass is 347 g/mol. The highest BCUT2D eigenvalue weighted by Crippen LogP contribution is 2.23. The molecule has 132 valence electrons. The summed E-state index contributed by atoms with van der Waals surface area (Å²) >= 11 is 0. The van der Waals surface area contributed by atoms with Gasteiger partial charge in [-0.25, -0.2) is 4.79 Å². The van der Waals surface area contributed by atoms with E-state index in [2.05, 4.69) is 10.1 Å². The zero-order chi connectivity index (χ0) is 17.9. The summed E-state index contributed by atoms with van der Waals surface area (Å²) in [5.74, 6) is -0.818. The molecule has 0 unspecified atom stereocenters. The van der Waals surface area contributed by atoms with Gasteiger partial charge in [0.2, 0.25) is 5.91 Å². The molecule has 0 bridgehead atoms. The zero-order valence-electron chi connectivity index (χ0n) is 12.4. The summed E-state index contributed by atoms with van der Waals surface area (Å²) in [6.07, 6.45) is -5.30. The van der Waals surface area contributed by atoms with Crippen molar-refractivity contribution < 1.29 is 32.6 Å². The lowest BCUT2D eigenvalue weighted by Crippen LogP contribution is -2.45. The molecule has 1 aromatic rings. The molecule has 7 nitrogen and oxygen atoms in total. The molecule has 0 aromatic heterocycles. The average molecular weight is 347 g/mol. The van der Waals surface area contributed by atoms with Crippen LogP contribution in [0.15, 0.2) is 24.3 Å². The van der Waals surface area contributed by atoms with Gasteiger partial charge in [-0.3, -0.25) is 4.79 Å². The molecule has 1 heterocycles. The number of halogens is 3. The Morgan fingerprint density at radius 2 is 2.12 bits per heavy atom. The summed E-state index contributed by atoms with van der Waals surface area (Å²) in [4.78, 5) is 24.6. The number of carbonyl (C=O) groups is 2. The van der Waals surface area contributed by atoms with Crippen LogP contribution in [0.25, 0.3) is 0 Å². The Labute approximate surface area is 135 Å². The molecular formula is C14H16F3N3O4. The minimum atomic E-state index is -4.47. The van der Waals surface area contributed by atoms with E-state index in [4.69, 9.17) is 5.73 Å². The third kappa shape index (κ3) is 4.75. The predicted molar refractivity (Wildman–Crippen MR) is 77.3 cm³/mol. The van der Waals surface area contributed by atoms with Crippen LogP contribution in [0.1, 0.15) is 6.42 Å². The Morgan fingerprint density at radius 3 is 2.75 bits per heavy atom. The first kappa shape index (κ1) is 17.9.